The van der Waals surface area contributed by atoms with Crippen molar-refractivity contribution in [3.05, 3.63) is 34.3 Å². The van der Waals surface area contributed by atoms with E-state index < -0.39 is 0 Å². The summed E-state index contributed by atoms with van der Waals surface area (Å²) in [5.41, 5.74) is 2.69. The summed E-state index contributed by atoms with van der Waals surface area (Å²) in [6.45, 7) is 4.92. The van der Waals surface area contributed by atoms with Crippen LogP contribution in [0.25, 0.3) is 0 Å². The molecule has 0 N–H and O–H groups in total. The lowest BCUT2D eigenvalue weighted by molar-refractivity contribution is -0.125. The molecule has 5 aliphatic rings. The second kappa shape index (κ2) is 4.56. The molecule has 0 spiro atoms. The fourth-order valence-electron chi connectivity index (χ4n) is 4.83. The van der Waals surface area contributed by atoms with Gasteiger partial charge in [-0.3, -0.25) is 9.79 Å². The molecule has 4 bridgehead atoms. The molecule has 6 rings (SSSR count). The summed E-state index contributed by atoms with van der Waals surface area (Å²) >= 11 is 6.04. The molecule has 1 aromatic carbocycles. The number of nitrogens with zero attached hydrogens (tertiary/aromatic N) is 3. The van der Waals surface area contributed by atoms with Crippen molar-refractivity contribution in [2.45, 2.75) is 19.0 Å². The van der Waals surface area contributed by atoms with E-state index in [1.165, 1.54) is 19.5 Å². The van der Waals surface area contributed by atoms with Crippen molar-refractivity contribution >= 4 is 23.2 Å². The van der Waals surface area contributed by atoms with Crippen molar-refractivity contribution in [2.75, 3.05) is 26.2 Å². The fraction of sp³-hybridized carbons (Fsp3) is 0.529. The van der Waals surface area contributed by atoms with Gasteiger partial charge in [-0.2, -0.15) is 0 Å². The van der Waals surface area contributed by atoms with Gasteiger partial charge in [-0.05, 0) is 42.5 Å². The number of fused-ring (bicyclic) bond motifs is 2. The molecule has 4 saturated heterocycles. The molecule has 0 aromatic heterocycles. The number of carbonyl (C=O) groups is 1. The van der Waals surface area contributed by atoms with Crippen LogP contribution in [0, 0.1) is 11.8 Å². The van der Waals surface area contributed by atoms with Gasteiger partial charge in [0.25, 0.3) is 5.91 Å². The predicted octanol–water partition coefficient (Wildman–Crippen LogP) is 1.81. The number of rotatable bonds is 1. The molecule has 5 heteroatoms. The van der Waals surface area contributed by atoms with E-state index in [4.69, 9.17) is 11.6 Å². The monoisotopic (exact) mass is 315 g/mol. The first kappa shape index (κ1) is 13.1. The Labute approximate surface area is 134 Å². The average molecular weight is 316 g/mol. The Morgan fingerprint density at radius 1 is 1.27 bits per heavy atom. The van der Waals surface area contributed by atoms with Crippen LogP contribution in [-0.4, -0.2) is 53.6 Å². The highest BCUT2D eigenvalue weighted by Crippen LogP contribution is 2.42. The Balaban J connectivity index is 1.45. The number of likely N-dealkylation sites (tertiary alicyclic amines) is 1. The highest BCUT2D eigenvalue weighted by atomic mass is 35.5. The van der Waals surface area contributed by atoms with E-state index in [1.807, 2.05) is 18.2 Å². The summed E-state index contributed by atoms with van der Waals surface area (Å²) in [5, 5.41) is 0.713. The van der Waals surface area contributed by atoms with Crippen LogP contribution in [0.1, 0.15) is 17.5 Å². The zero-order valence-corrected chi connectivity index (χ0v) is 13.1. The topological polar surface area (TPSA) is 35.9 Å². The molecule has 5 heterocycles. The lowest BCUT2D eigenvalue weighted by Gasteiger charge is -2.44. The number of hydrogen-bond donors (Lipinski definition) is 0. The summed E-state index contributed by atoms with van der Waals surface area (Å²) in [7, 11) is 0. The van der Waals surface area contributed by atoms with Gasteiger partial charge in [-0.15, -0.1) is 0 Å². The van der Waals surface area contributed by atoms with Crippen LogP contribution in [0.4, 0.5) is 0 Å². The highest BCUT2D eigenvalue weighted by molar-refractivity contribution is 6.46. The first-order valence-corrected chi connectivity index (χ1v) is 8.45. The number of hydrogen-bond acceptors (Lipinski definition) is 3. The van der Waals surface area contributed by atoms with Crippen LogP contribution < -0.4 is 0 Å². The van der Waals surface area contributed by atoms with Gasteiger partial charge < -0.3 is 9.80 Å². The van der Waals surface area contributed by atoms with Crippen LogP contribution in [0.3, 0.4) is 0 Å². The average Bonchev–Trinajstić information content (AvgIpc) is 3.05. The molecule has 1 amide bonds. The third-order valence-corrected chi connectivity index (χ3v) is 6.08. The largest absolute Gasteiger partial charge is 0.332 e. The van der Waals surface area contributed by atoms with Crippen LogP contribution in [-0.2, 0) is 11.3 Å². The molecular weight excluding hydrogens is 298 g/mol. The number of amides is 1. The predicted molar refractivity (Wildman–Crippen MR) is 85.2 cm³/mol. The lowest BCUT2D eigenvalue weighted by atomic mass is 9.80. The van der Waals surface area contributed by atoms with E-state index in [1.54, 1.807) is 0 Å². The summed E-state index contributed by atoms with van der Waals surface area (Å²) in [6.07, 6.45) is 1.25. The van der Waals surface area contributed by atoms with E-state index in [9.17, 15) is 4.79 Å². The Hall–Kier alpha value is -1.39. The molecule has 1 unspecified atom stereocenters. The maximum atomic E-state index is 13.1. The van der Waals surface area contributed by atoms with Crippen molar-refractivity contribution in [1.29, 1.82) is 0 Å². The van der Waals surface area contributed by atoms with Crippen LogP contribution in [0.2, 0.25) is 5.02 Å². The standard InChI is InChI=1S/C17H18ClN3O/c18-12-1-2-14-10(5-12)6-19-16(14)17(22)21-8-11-7-20-4-3-13(11)15(21)9-20/h1-2,5,11,13,15H,3-4,6-9H2/t11-,13-,15-/m0/s1. The zero-order chi connectivity index (χ0) is 14.8. The van der Waals surface area contributed by atoms with Gasteiger partial charge in [0.15, 0.2) is 0 Å². The molecule has 4 atom stereocenters. The van der Waals surface area contributed by atoms with E-state index in [2.05, 4.69) is 14.8 Å². The number of halogens is 1. The maximum absolute atomic E-state index is 13.1. The van der Waals surface area contributed by atoms with E-state index >= 15 is 0 Å². The minimum absolute atomic E-state index is 0.127. The van der Waals surface area contributed by atoms with Crippen molar-refractivity contribution in [3.8, 4) is 0 Å². The van der Waals surface area contributed by atoms with Gasteiger partial charge in [0.1, 0.15) is 5.71 Å². The molecule has 22 heavy (non-hydrogen) atoms. The van der Waals surface area contributed by atoms with Gasteiger partial charge in [0.2, 0.25) is 0 Å². The minimum Gasteiger partial charge on any atom is -0.332 e. The normalized spacial score (nSPS) is 34.8. The number of carbonyl (C=O) groups excluding carboxylic acids is 1. The molecule has 4 nitrogen and oxygen atoms in total. The minimum atomic E-state index is 0.127. The SMILES string of the molecule is O=C(C1=NCc2cc(Cl)ccc21)N1C[C@@H]2CN3CC[C@@H]2[C@@H]1C3. The fourth-order valence-corrected chi connectivity index (χ4v) is 5.03. The third kappa shape index (κ3) is 1.74. The van der Waals surface area contributed by atoms with E-state index in [0.717, 1.165) is 24.2 Å². The second-order valence-electron chi connectivity index (χ2n) is 6.96. The molecule has 1 aromatic rings. The Morgan fingerprint density at radius 2 is 2.18 bits per heavy atom. The highest BCUT2D eigenvalue weighted by Gasteiger charge is 2.51. The quantitative estimate of drug-likeness (QED) is 0.792. The first-order chi connectivity index (χ1) is 10.7. The Bertz CT molecular complexity index is 701. The maximum Gasteiger partial charge on any atom is 0.272 e. The number of benzene rings is 1. The molecule has 0 aliphatic carbocycles. The van der Waals surface area contributed by atoms with Crippen LogP contribution >= 0.6 is 11.6 Å². The molecular formula is C17H18ClN3O. The van der Waals surface area contributed by atoms with Crippen LogP contribution in [0.15, 0.2) is 23.2 Å². The molecule has 114 valence electrons. The summed E-state index contributed by atoms with van der Waals surface area (Å²) in [4.78, 5) is 22.2. The molecule has 5 aliphatic heterocycles. The van der Waals surface area contributed by atoms with Crippen molar-refractivity contribution < 1.29 is 4.79 Å². The lowest BCUT2D eigenvalue weighted by Crippen LogP contribution is -2.54. The van der Waals surface area contributed by atoms with Gasteiger partial charge in [-0.25, -0.2) is 0 Å². The summed E-state index contributed by atoms with van der Waals surface area (Å²) in [5.74, 6) is 1.51. The van der Waals surface area contributed by atoms with Crippen molar-refractivity contribution in [2.24, 2.45) is 16.8 Å². The zero-order valence-electron chi connectivity index (χ0n) is 12.3. The molecule has 0 radical (unpaired) electrons. The number of aliphatic imine (C=N–C) groups is 1. The van der Waals surface area contributed by atoms with Crippen molar-refractivity contribution in [1.82, 2.24) is 9.80 Å². The van der Waals surface area contributed by atoms with E-state index in [-0.39, 0.29) is 5.91 Å². The smallest absolute Gasteiger partial charge is 0.272 e. The summed E-state index contributed by atoms with van der Waals surface area (Å²) < 4.78 is 0. The summed E-state index contributed by atoms with van der Waals surface area (Å²) in [6, 6.07) is 6.12. The van der Waals surface area contributed by atoms with Gasteiger partial charge >= 0.3 is 0 Å². The van der Waals surface area contributed by atoms with Gasteiger partial charge in [-0.1, -0.05) is 17.7 Å². The van der Waals surface area contributed by atoms with E-state index in [0.29, 0.717) is 35.2 Å². The molecule has 0 saturated carbocycles. The third-order valence-electron chi connectivity index (χ3n) is 5.84. The van der Waals surface area contributed by atoms with Gasteiger partial charge in [0.05, 0.1) is 6.54 Å². The van der Waals surface area contributed by atoms with Crippen molar-refractivity contribution in [3.63, 3.8) is 0 Å². The Kier molecular flexibility index (Phi) is 2.71. The number of piperidine rings is 3. The second-order valence-corrected chi connectivity index (χ2v) is 7.40. The first-order valence-electron chi connectivity index (χ1n) is 8.07. The molecule has 4 fully saturated rings. The Morgan fingerprint density at radius 3 is 3.00 bits per heavy atom. The van der Waals surface area contributed by atoms with Gasteiger partial charge in [0, 0.05) is 36.3 Å². The van der Waals surface area contributed by atoms with Crippen LogP contribution in [0.5, 0.6) is 0 Å².